The smallest absolute Gasteiger partial charge is 0.313 e. The van der Waals surface area contributed by atoms with Gasteiger partial charge in [-0.2, -0.15) is 0 Å². The van der Waals surface area contributed by atoms with Crippen molar-refractivity contribution in [3.63, 3.8) is 0 Å². The molecular formula is C21H19N3O5. The molecule has 0 spiro atoms. The third-order valence-corrected chi connectivity index (χ3v) is 4.64. The Morgan fingerprint density at radius 1 is 1.00 bits per heavy atom. The number of fused-ring (bicyclic) bond motifs is 1. The quantitative estimate of drug-likeness (QED) is 0.663. The molecule has 0 bridgehead atoms. The lowest BCUT2D eigenvalue weighted by atomic mass is 10.0. The standard InChI is InChI=1S/C21H19N3O5/c25-19(22-13-16-5-2-10-28-16)20(26)23-15-7-8-17-14(12-15)4-1-9-24(17)21(27)18-6-3-11-29-18/h2-3,5-8,10-12H,1,4,9,13H2,(H,22,25)(H,23,26). The van der Waals surface area contributed by atoms with Crippen LogP contribution in [-0.4, -0.2) is 24.3 Å². The van der Waals surface area contributed by atoms with Crippen molar-refractivity contribution in [2.24, 2.45) is 0 Å². The second-order valence-corrected chi connectivity index (χ2v) is 6.60. The van der Waals surface area contributed by atoms with E-state index in [1.807, 2.05) is 0 Å². The van der Waals surface area contributed by atoms with Gasteiger partial charge in [0.15, 0.2) is 5.76 Å². The predicted molar refractivity (Wildman–Crippen MR) is 104 cm³/mol. The molecule has 8 heteroatoms. The van der Waals surface area contributed by atoms with Crippen molar-refractivity contribution in [1.82, 2.24) is 5.32 Å². The molecule has 0 aliphatic carbocycles. The highest BCUT2D eigenvalue weighted by atomic mass is 16.3. The summed E-state index contributed by atoms with van der Waals surface area (Å²) in [6.07, 6.45) is 4.52. The molecule has 3 heterocycles. The van der Waals surface area contributed by atoms with Gasteiger partial charge in [0.05, 0.1) is 19.1 Å². The van der Waals surface area contributed by atoms with Gasteiger partial charge in [-0.15, -0.1) is 0 Å². The Kier molecular flexibility index (Phi) is 5.15. The first-order valence-electron chi connectivity index (χ1n) is 9.21. The first kappa shape index (κ1) is 18.5. The number of hydrogen-bond donors (Lipinski definition) is 2. The molecule has 3 aromatic rings. The molecular weight excluding hydrogens is 374 g/mol. The Morgan fingerprint density at radius 2 is 1.83 bits per heavy atom. The third-order valence-electron chi connectivity index (χ3n) is 4.64. The molecule has 3 amide bonds. The van der Waals surface area contributed by atoms with Crippen molar-refractivity contribution >= 4 is 29.1 Å². The molecule has 0 radical (unpaired) electrons. The highest BCUT2D eigenvalue weighted by molar-refractivity contribution is 6.39. The van der Waals surface area contributed by atoms with Crippen LogP contribution in [0.3, 0.4) is 0 Å². The van der Waals surface area contributed by atoms with Crippen LogP contribution in [0, 0.1) is 0 Å². The summed E-state index contributed by atoms with van der Waals surface area (Å²) in [6.45, 7) is 0.723. The molecule has 0 saturated carbocycles. The lowest BCUT2D eigenvalue weighted by Gasteiger charge is -2.29. The molecule has 0 unspecified atom stereocenters. The number of anilines is 2. The van der Waals surface area contributed by atoms with E-state index in [0.29, 0.717) is 18.0 Å². The Bertz CT molecular complexity index is 1020. The number of carbonyl (C=O) groups is 3. The molecule has 2 aromatic heterocycles. The number of carbonyl (C=O) groups excluding carboxylic acids is 3. The fourth-order valence-corrected chi connectivity index (χ4v) is 3.27. The van der Waals surface area contributed by atoms with Crippen molar-refractivity contribution in [3.8, 4) is 0 Å². The van der Waals surface area contributed by atoms with Crippen LogP contribution >= 0.6 is 0 Å². The molecule has 1 aromatic carbocycles. The second kappa shape index (κ2) is 8.05. The van der Waals surface area contributed by atoms with Gasteiger partial charge in [-0.25, -0.2) is 0 Å². The van der Waals surface area contributed by atoms with Crippen molar-refractivity contribution in [3.05, 3.63) is 72.1 Å². The van der Waals surface area contributed by atoms with Crippen LogP contribution in [0.4, 0.5) is 11.4 Å². The van der Waals surface area contributed by atoms with Crippen LogP contribution < -0.4 is 15.5 Å². The molecule has 2 N–H and O–H groups in total. The number of furan rings is 2. The second-order valence-electron chi connectivity index (χ2n) is 6.60. The summed E-state index contributed by atoms with van der Waals surface area (Å²) in [6, 6.07) is 11.9. The van der Waals surface area contributed by atoms with Crippen LogP contribution in [0.5, 0.6) is 0 Å². The lowest BCUT2D eigenvalue weighted by Crippen LogP contribution is -2.36. The minimum atomic E-state index is -0.768. The topological polar surface area (TPSA) is 105 Å². The summed E-state index contributed by atoms with van der Waals surface area (Å²) >= 11 is 0. The Hall–Kier alpha value is -3.81. The van der Waals surface area contributed by atoms with E-state index in [0.717, 1.165) is 24.1 Å². The molecule has 29 heavy (non-hydrogen) atoms. The van der Waals surface area contributed by atoms with E-state index in [2.05, 4.69) is 10.6 Å². The van der Waals surface area contributed by atoms with E-state index >= 15 is 0 Å². The summed E-state index contributed by atoms with van der Waals surface area (Å²) < 4.78 is 10.3. The monoisotopic (exact) mass is 393 g/mol. The maximum absolute atomic E-state index is 12.6. The summed E-state index contributed by atoms with van der Waals surface area (Å²) in [7, 11) is 0. The van der Waals surface area contributed by atoms with Gasteiger partial charge in [0.2, 0.25) is 0 Å². The minimum Gasteiger partial charge on any atom is -0.467 e. The van der Waals surface area contributed by atoms with E-state index in [1.54, 1.807) is 47.4 Å². The molecule has 0 saturated heterocycles. The first-order valence-corrected chi connectivity index (χ1v) is 9.21. The van der Waals surface area contributed by atoms with Gasteiger partial charge in [-0.1, -0.05) is 0 Å². The average molecular weight is 393 g/mol. The molecule has 0 fully saturated rings. The normalized spacial score (nSPS) is 12.9. The van der Waals surface area contributed by atoms with Gasteiger partial charge in [-0.05, 0) is 60.9 Å². The molecule has 148 valence electrons. The summed E-state index contributed by atoms with van der Waals surface area (Å²) in [5.74, 6) is -0.890. The minimum absolute atomic E-state index is 0.132. The van der Waals surface area contributed by atoms with Gasteiger partial charge >= 0.3 is 11.8 Å². The zero-order chi connectivity index (χ0) is 20.2. The maximum atomic E-state index is 12.6. The number of nitrogens with zero attached hydrogens (tertiary/aromatic N) is 1. The van der Waals surface area contributed by atoms with Gasteiger partial charge in [0, 0.05) is 17.9 Å². The number of amides is 3. The van der Waals surface area contributed by atoms with Crippen molar-refractivity contribution in [1.29, 1.82) is 0 Å². The van der Waals surface area contributed by atoms with E-state index in [9.17, 15) is 14.4 Å². The zero-order valence-electron chi connectivity index (χ0n) is 15.5. The molecule has 1 aliphatic rings. The number of benzene rings is 1. The molecule has 1 aliphatic heterocycles. The van der Waals surface area contributed by atoms with Gasteiger partial charge in [0.25, 0.3) is 5.91 Å². The third kappa shape index (κ3) is 4.06. The average Bonchev–Trinajstić information content (AvgIpc) is 3.45. The fourth-order valence-electron chi connectivity index (χ4n) is 3.27. The first-order chi connectivity index (χ1) is 14.1. The summed E-state index contributed by atoms with van der Waals surface area (Å²) in [5.41, 5.74) is 2.19. The van der Waals surface area contributed by atoms with E-state index in [4.69, 9.17) is 8.83 Å². The van der Waals surface area contributed by atoms with Gasteiger partial charge < -0.3 is 24.4 Å². The Morgan fingerprint density at radius 3 is 2.59 bits per heavy atom. The van der Waals surface area contributed by atoms with Crippen LogP contribution in [-0.2, 0) is 22.6 Å². The number of hydrogen-bond acceptors (Lipinski definition) is 5. The highest BCUT2D eigenvalue weighted by Gasteiger charge is 2.25. The molecule has 4 rings (SSSR count). The van der Waals surface area contributed by atoms with E-state index < -0.39 is 11.8 Å². The van der Waals surface area contributed by atoms with Crippen LogP contribution in [0.1, 0.15) is 28.3 Å². The predicted octanol–water partition coefficient (Wildman–Crippen LogP) is 2.72. The number of nitrogens with one attached hydrogen (secondary N) is 2. The van der Waals surface area contributed by atoms with E-state index in [-0.39, 0.29) is 18.2 Å². The molecule has 0 atom stereocenters. The lowest BCUT2D eigenvalue weighted by molar-refractivity contribution is -0.136. The highest BCUT2D eigenvalue weighted by Crippen LogP contribution is 2.31. The van der Waals surface area contributed by atoms with Crippen molar-refractivity contribution in [2.45, 2.75) is 19.4 Å². The Balaban J connectivity index is 1.43. The van der Waals surface area contributed by atoms with Gasteiger partial charge in [-0.3, -0.25) is 14.4 Å². The zero-order valence-corrected chi connectivity index (χ0v) is 15.5. The van der Waals surface area contributed by atoms with Crippen LogP contribution in [0.25, 0.3) is 0 Å². The number of rotatable bonds is 4. The summed E-state index contributed by atoms with van der Waals surface area (Å²) in [5, 5.41) is 5.09. The number of aryl methyl sites for hydroxylation is 1. The molecule has 8 nitrogen and oxygen atoms in total. The van der Waals surface area contributed by atoms with Crippen LogP contribution in [0.2, 0.25) is 0 Å². The largest absolute Gasteiger partial charge is 0.467 e. The fraction of sp³-hybridized carbons (Fsp3) is 0.190. The maximum Gasteiger partial charge on any atom is 0.313 e. The SMILES string of the molecule is O=C(NCc1ccco1)C(=O)Nc1ccc2c(c1)CCCN2C(=O)c1ccco1. The van der Waals surface area contributed by atoms with Gasteiger partial charge in [0.1, 0.15) is 5.76 Å². The Labute approximate surface area is 166 Å². The van der Waals surface area contributed by atoms with Crippen LogP contribution in [0.15, 0.2) is 63.8 Å². The van der Waals surface area contributed by atoms with E-state index in [1.165, 1.54) is 12.5 Å². The van der Waals surface area contributed by atoms with Crippen molar-refractivity contribution < 1.29 is 23.2 Å². The van der Waals surface area contributed by atoms with Crippen molar-refractivity contribution in [2.75, 3.05) is 16.8 Å². The summed E-state index contributed by atoms with van der Waals surface area (Å²) in [4.78, 5) is 38.4.